The lowest BCUT2D eigenvalue weighted by Gasteiger charge is -2.11. The second-order valence-electron chi connectivity index (χ2n) is 4.98. The first-order valence-corrected chi connectivity index (χ1v) is 9.27. The molecule has 112 valence electrons. The van der Waals surface area contributed by atoms with Gasteiger partial charge in [0.05, 0.1) is 11.4 Å². The fourth-order valence-electron chi connectivity index (χ4n) is 2.11. The molecule has 0 spiro atoms. The van der Waals surface area contributed by atoms with Crippen molar-refractivity contribution in [3.8, 4) is 0 Å². The Labute approximate surface area is 128 Å². The van der Waals surface area contributed by atoms with Gasteiger partial charge in [0.1, 0.15) is 4.90 Å². The number of nitrogens with zero attached hydrogens (tertiary/aromatic N) is 1. The number of benzene rings is 1. The smallest absolute Gasteiger partial charge is 0.265 e. The predicted molar refractivity (Wildman–Crippen MR) is 85.5 cm³/mol. The second-order valence-corrected chi connectivity index (χ2v) is 7.49. The number of para-hydroxylation sites is 1. The Kier molecular flexibility index (Phi) is 3.86. The summed E-state index contributed by atoms with van der Waals surface area (Å²) in [6.45, 7) is 2.59. The molecule has 1 aliphatic rings. The van der Waals surface area contributed by atoms with Gasteiger partial charge in [-0.3, -0.25) is 4.72 Å². The molecule has 1 aromatic carbocycles. The summed E-state index contributed by atoms with van der Waals surface area (Å²) >= 11 is 1.34. The van der Waals surface area contributed by atoms with Crippen LogP contribution in [0.15, 0.2) is 34.5 Å². The molecule has 5 nitrogen and oxygen atoms in total. The molecule has 1 saturated carbocycles. The summed E-state index contributed by atoms with van der Waals surface area (Å²) in [6.07, 6.45) is 2.30. The summed E-state index contributed by atoms with van der Waals surface area (Å²) in [5.41, 5.74) is 1.60. The molecule has 0 aliphatic heterocycles. The van der Waals surface area contributed by atoms with Crippen molar-refractivity contribution >= 4 is 32.2 Å². The van der Waals surface area contributed by atoms with Crippen LogP contribution in [0.25, 0.3) is 0 Å². The van der Waals surface area contributed by atoms with E-state index in [9.17, 15) is 8.42 Å². The summed E-state index contributed by atoms with van der Waals surface area (Å²) in [4.78, 5) is 4.61. The number of hydrogen-bond acceptors (Lipinski definition) is 5. The summed E-state index contributed by atoms with van der Waals surface area (Å²) < 4.78 is 27.6. The molecule has 0 saturated heterocycles. The van der Waals surface area contributed by atoms with Crippen LogP contribution in [0, 0.1) is 0 Å². The first-order chi connectivity index (χ1) is 10.1. The second kappa shape index (κ2) is 5.65. The maximum Gasteiger partial charge on any atom is 0.265 e. The highest BCUT2D eigenvalue weighted by Gasteiger charge is 2.27. The van der Waals surface area contributed by atoms with E-state index in [2.05, 4.69) is 15.0 Å². The van der Waals surface area contributed by atoms with E-state index in [1.54, 1.807) is 18.2 Å². The number of sulfonamides is 1. The van der Waals surface area contributed by atoms with E-state index in [-0.39, 0.29) is 4.90 Å². The van der Waals surface area contributed by atoms with E-state index in [4.69, 9.17) is 0 Å². The molecule has 2 aromatic rings. The average Bonchev–Trinajstić information content (AvgIpc) is 3.21. The van der Waals surface area contributed by atoms with Gasteiger partial charge in [-0.2, -0.15) is 0 Å². The van der Waals surface area contributed by atoms with Crippen LogP contribution in [-0.4, -0.2) is 19.9 Å². The highest BCUT2D eigenvalue weighted by molar-refractivity contribution is 7.93. The van der Waals surface area contributed by atoms with Crippen molar-refractivity contribution in [1.82, 2.24) is 4.98 Å². The zero-order chi connectivity index (χ0) is 14.9. The van der Waals surface area contributed by atoms with E-state index in [0.717, 1.165) is 18.5 Å². The van der Waals surface area contributed by atoms with Gasteiger partial charge < -0.3 is 5.32 Å². The van der Waals surface area contributed by atoms with E-state index < -0.39 is 10.0 Å². The number of rotatable bonds is 6. The Balaban J connectivity index is 1.85. The van der Waals surface area contributed by atoms with Gasteiger partial charge in [0, 0.05) is 17.8 Å². The highest BCUT2D eigenvalue weighted by atomic mass is 32.2. The van der Waals surface area contributed by atoms with Crippen LogP contribution in [0.2, 0.25) is 0 Å². The number of anilines is 2. The van der Waals surface area contributed by atoms with Gasteiger partial charge in [-0.15, -0.1) is 11.3 Å². The molecule has 1 aromatic heterocycles. The third kappa shape index (κ3) is 3.19. The van der Waals surface area contributed by atoms with Gasteiger partial charge in [0.2, 0.25) is 0 Å². The van der Waals surface area contributed by atoms with Gasteiger partial charge in [0.15, 0.2) is 5.13 Å². The van der Waals surface area contributed by atoms with Crippen LogP contribution in [0.1, 0.15) is 31.4 Å². The zero-order valence-electron chi connectivity index (χ0n) is 11.7. The maximum absolute atomic E-state index is 12.5. The lowest BCUT2D eigenvalue weighted by molar-refractivity contribution is 0.601. The van der Waals surface area contributed by atoms with Gasteiger partial charge in [0.25, 0.3) is 10.0 Å². The zero-order valence-corrected chi connectivity index (χ0v) is 13.3. The molecule has 7 heteroatoms. The minimum Gasteiger partial charge on any atom is -0.384 e. The number of thiazole rings is 1. The van der Waals surface area contributed by atoms with Crippen LogP contribution < -0.4 is 10.0 Å². The monoisotopic (exact) mass is 323 g/mol. The molecule has 0 amide bonds. The SMILES string of the molecule is CCNc1ccccc1S(=O)(=O)Nc1nc(C2CC2)cs1. The lowest BCUT2D eigenvalue weighted by Crippen LogP contribution is -2.15. The summed E-state index contributed by atoms with van der Waals surface area (Å²) in [5.74, 6) is 0.522. The molecule has 21 heavy (non-hydrogen) atoms. The minimum absolute atomic E-state index is 0.245. The topological polar surface area (TPSA) is 71.1 Å². The van der Waals surface area contributed by atoms with Crippen molar-refractivity contribution in [3.63, 3.8) is 0 Å². The van der Waals surface area contributed by atoms with Crippen LogP contribution in [-0.2, 0) is 10.0 Å². The first kappa shape index (κ1) is 14.3. The molecule has 0 radical (unpaired) electrons. The maximum atomic E-state index is 12.5. The van der Waals surface area contributed by atoms with Crippen LogP contribution >= 0.6 is 11.3 Å². The molecule has 0 bridgehead atoms. The molecular formula is C14H17N3O2S2. The summed E-state index contributed by atoms with van der Waals surface area (Å²) in [7, 11) is -3.62. The largest absolute Gasteiger partial charge is 0.384 e. The van der Waals surface area contributed by atoms with Crippen molar-refractivity contribution in [3.05, 3.63) is 35.3 Å². The van der Waals surface area contributed by atoms with Crippen LogP contribution in [0.4, 0.5) is 10.8 Å². The summed E-state index contributed by atoms with van der Waals surface area (Å²) in [6, 6.07) is 6.88. The minimum atomic E-state index is -3.62. The Morgan fingerprint density at radius 2 is 2.10 bits per heavy atom. The van der Waals surface area contributed by atoms with Crippen LogP contribution in [0.5, 0.6) is 0 Å². The molecule has 3 rings (SSSR count). The predicted octanol–water partition coefficient (Wildman–Crippen LogP) is 3.25. The number of nitrogens with one attached hydrogen (secondary N) is 2. The third-order valence-electron chi connectivity index (χ3n) is 3.28. The van der Waals surface area contributed by atoms with Gasteiger partial charge >= 0.3 is 0 Å². The molecule has 0 unspecified atom stereocenters. The lowest BCUT2D eigenvalue weighted by atomic mass is 10.3. The third-order valence-corrected chi connectivity index (χ3v) is 5.59. The van der Waals surface area contributed by atoms with Crippen molar-refractivity contribution in [2.75, 3.05) is 16.6 Å². The van der Waals surface area contributed by atoms with Crippen molar-refractivity contribution < 1.29 is 8.42 Å². The Morgan fingerprint density at radius 3 is 2.81 bits per heavy atom. The normalized spacial score (nSPS) is 14.9. The number of aromatic nitrogens is 1. The van der Waals surface area contributed by atoms with Crippen molar-refractivity contribution in [2.24, 2.45) is 0 Å². The van der Waals surface area contributed by atoms with Crippen molar-refractivity contribution in [1.29, 1.82) is 0 Å². The quantitative estimate of drug-likeness (QED) is 0.856. The first-order valence-electron chi connectivity index (χ1n) is 6.91. The highest BCUT2D eigenvalue weighted by Crippen LogP contribution is 2.41. The Morgan fingerprint density at radius 1 is 1.33 bits per heavy atom. The van der Waals surface area contributed by atoms with Gasteiger partial charge in [-0.25, -0.2) is 13.4 Å². The standard InChI is InChI=1S/C14H17N3O2S2/c1-2-15-11-5-3-4-6-13(11)21(18,19)17-14-16-12(9-20-14)10-7-8-10/h3-6,9-10,15H,2,7-8H2,1H3,(H,16,17). The molecule has 1 aliphatic carbocycles. The Hall–Kier alpha value is -1.60. The van der Waals surface area contributed by atoms with E-state index in [1.165, 1.54) is 11.3 Å². The fourth-order valence-corrected chi connectivity index (χ4v) is 4.34. The molecular weight excluding hydrogens is 306 g/mol. The molecule has 0 atom stereocenters. The fraction of sp³-hybridized carbons (Fsp3) is 0.357. The van der Waals surface area contributed by atoms with Gasteiger partial charge in [-0.05, 0) is 31.9 Å². The Bertz CT molecular complexity index is 736. The number of hydrogen-bond donors (Lipinski definition) is 2. The average molecular weight is 323 g/mol. The van der Waals surface area contributed by atoms with E-state index in [0.29, 0.717) is 23.3 Å². The summed E-state index contributed by atoms with van der Waals surface area (Å²) in [5, 5.41) is 5.44. The molecule has 2 N–H and O–H groups in total. The van der Waals surface area contributed by atoms with Gasteiger partial charge in [-0.1, -0.05) is 12.1 Å². The van der Waals surface area contributed by atoms with E-state index >= 15 is 0 Å². The molecule has 1 fully saturated rings. The van der Waals surface area contributed by atoms with Crippen molar-refractivity contribution in [2.45, 2.75) is 30.6 Å². The van der Waals surface area contributed by atoms with Crippen LogP contribution in [0.3, 0.4) is 0 Å². The molecule has 1 heterocycles. The van der Waals surface area contributed by atoms with E-state index in [1.807, 2.05) is 18.4 Å².